The van der Waals surface area contributed by atoms with Gasteiger partial charge < -0.3 is 15.1 Å². The number of aryl methyl sites for hydroxylation is 1. The van der Waals surface area contributed by atoms with E-state index in [9.17, 15) is 18.0 Å². The molecule has 37 heavy (non-hydrogen) atoms. The molecule has 0 bridgehead atoms. The second kappa shape index (κ2) is 11.0. The molecule has 0 spiro atoms. The molecule has 1 N–H and O–H groups in total. The molecule has 1 aromatic heterocycles. The molecule has 4 atom stereocenters. The van der Waals surface area contributed by atoms with Crippen LogP contribution < -0.4 is 5.32 Å². The van der Waals surface area contributed by atoms with E-state index in [1.165, 1.54) is 0 Å². The Labute approximate surface area is 223 Å². The molecule has 210 valence electrons. The molecule has 2 fully saturated rings. The number of sulfone groups is 1. The van der Waals surface area contributed by atoms with Crippen LogP contribution in [0.25, 0.3) is 0 Å². The van der Waals surface area contributed by atoms with Gasteiger partial charge in [-0.25, -0.2) is 8.42 Å². The Kier molecular flexibility index (Phi) is 8.84. The molecule has 3 rings (SSSR count). The molecule has 0 aromatic carbocycles. The molecule has 1 aliphatic carbocycles. The second-order valence-electron chi connectivity index (χ2n) is 12.6. The first-order valence-electron chi connectivity index (χ1n) is 13.6. The number of hydrogen-bond donors (Lipinski definition) is 1. The summed E-state index contributed by atoms with van der Waals surface area (Å²) in [6.07, 6.45) is 2.95. The molecular weight excluding hydrogens is 490 g/mol. The summed E-state index contributed by atoms with van der Waals surface area (Å²) in [5, 5.41) is 6.95. The van der Waals surface area contributed by atoms with Crippen LogP contribution in [0, 0.1) is 5.92 Å². The smallest absolute Gasteiger partial charge is 0.270 e. The second-order valence-corrected chi connectivity index (χ2v) is 15.2. The van der Waals surface area contributed by atoms with Gasteiger partial charge in [0.2, 0.25) is 5.91 Å². The van der Waals surface area contributed by atoms with Crippen LogP contribution in [0.3, 0.4) is 0 Å². The lowest BCUT2D eigenvalue weighted by Gasteiger charge is -2.44. The molecule has 9 nitrogen and oxygen atoms in total. The third-order valence-corrected chi connectivity index (χ3v) is 10.6. The highest BCUT2D eigenvalue weighted by Gasteiger charge is 2.44. The van der Waals surface area contributed by atoms with Crippen molar-refractivity contribution in [3.63, 3.8) is 0 Å². The van der Waals surface area contributed by atoms with Crippen molar-refractivity contribution >= 4 is 21.7 Å². The normalized spacial score (nSPS) is 25.5. The molecule has 2 amide bonds. The molecule has 10 heteroatoms. The number of likely N-dealkylation sites (tertiary alicyclic amines) is 1. The molecule has 2 aliphatic rings. The van der Waals surface area contributed by atoms with Gasteiger partial charge in [-0.05, 0) is 72.4 Å². The zero-order chi connectivity index (χ0) is 27.9. The number of nitrogens with zero attached hydrogens (tertiary/aromatic N) is 4. The van der Waals surface area contributed by atoms with E-state index in [2.05, 4.69) is 36.2 Å². The van der Waals surface area contributed by atoms with Gasteiger partial charge in [0.15, 0.2) is 9.84 Å². The maximum absolute atomic E-state index is 13.5. The van der Waals surface area contributed by atoms with Crippen molar-refractivity contribution in [3.8, 4) is 0 Å². The number of nitrogens with one attached hydrogen (secondary N) is 1. The van der Waals surface area contributed by atoms with Gasteiger partial charge in [0, 0.05) is 37.1 Å². The summed E-state index contributed by atoms with van der Waals surface area (Å²) in [6, 6.07) is 1.69. The van der Waals surface area contributed by atoms with Gasteiger partial charge in [-0.2, -0.15) is 5.10 Å². The maximum Gasteiger partial charge on any atom is 0.270 e. The third-order valence-electron chi connectivity index (χ3n) is 8.30. The van der Waals surface area contributed by atoms with Crippen LogP contribution in [0.15, 0.2) is 6.07 Å². The summed E-state index contributed by atoms with van der Waals surface area (Å²) >= 11 is 0. The van der Waals surface area contributed by atoms with E-state index < -0.39 is 21.1 Å². The van der Waals surface area contributed by atoms with Crippen molar-refractivity contribution in [2.75, 3.05) is 19.3 Å². The first-order chi connectivity index (χ1) is 17.0. The molecule has 0 radical (unpaired) electrons. The largest absolute Gasteiger partial charge is 0.339 e. The molecule has 1 saturated carbocycles. The first-order valence-corrected chi connectivity index (χ1v) is 15.3. The SMILES string of the molecule is CC(C)N(C)[C@@H]1CC[C@H](N2CCC(NC(=O)c3cc(C(C)(C)C)nn3C)C2=O)[C@H](CS(=O)(=O)C(C)C)C1. The Balaban J connectivity index is 1.76. The Morgan fingerprint density at radius 3 is 2.38 bits per heavy atom. The van der Waals surface area contributed by atoms with Gasteiger partial charge in [-0.1, -0.05) is 20.8 Å². The van der Waals surface area contributed by atoms with Crippen molar-refractivity contribution in [3.05, 3.63) is 17.5 Å². The highest BCUT2D eigenvalue weighted by molar-refractivity contribution is 7.91. The minimum Gasteiger partial charge on any atom is -0.339 e. The summed E-state index contributed by atoms with van der Waals surface area (Å²) in [5.41, 5.74) is 1.05. The topological polar surface area (TPSA) is 105 Å². The summed E-state index contributed by atoms with van der Waals surface area (Å²) < 4.78 is 27.4. The Morgan fingerprint density at radius 2 is 1.84 bits per heavy atom. The van der Waals surface area contributed by atoms with Gasteiger partial charge in [0.1, 0.15) is 11.7 Å². The van der Waals surface area contributed by atoms with Crippen LogP contribution in [-0.4, -0.2) is 88.6 Å². The van der Waals surface area contributed by atoms with Crippen LogP contribution in [0.2, 0.25) is 0 Å². The van der Waals surface area contributed by atoms with Crippen molar-refractivity contribution in [2.45, 2.75) is 109 Å². The van der Waals surface area contributed by atoms with E-state index >= 15 is 0 Å². The molecule has 1 aliphatic heterocycles. The van der Waals surface area contributed by atoms with Crippen LogP contribution in [0.1, 0.15) is 90.3 Å². The van der Waals surface area contributed by atoms with Gasteiger partial charge in [0.05, 0.1) is 16.7 Å². The van der Waals surface area contributed by atoms with Crippen LogP contribution >= 0.6 is 0 Å². The molecule has 1 unspecified atom stereocenters. The fourth-order valence-electron chi connectivity index (χ4n) is 5.54. The lowest BCUT2D eigenvalue weighted by atomic mass is 9.81. The van der Waals surface area contributed by atoms with Crippen molar-refractivity contribution in [2.24, 2.45) is 13.0 Å². The number of carbonyl (C=O) groups excluding carboxylic acids is 2. The number of amides is 2. The molecule has 1 saturated heterocycles. The van der Waals surface area contributed by atoms with E-state index in [1.807, 2.05) is 25.7 Å². The fourth-order valence-corrected chi connectivity index (χ4v) is 6.88. The van der Waals surface area contributed by atoms with Gasteiger partial charge in [-0.15, -0.1) is 0 Å². The minimum atomic E-state index is -3.27. The lowest BCUT2D eigenvalue weighted by molar-refractivity contribution is -0.133. The third kappa shape index (κ3) is 6.56. The van der Waals surface area contributed by atoms with E-state index in [4.69, 9.17) is 0 Å². The van der Waals surface area contributed by atoms with E-state index in [0.717, 1.165) is 25.0 Å². The van der Waals surface area contributed by atoms with Gasteiger partial charge in [0.25, 0.3) is 5.91 Å². The predicted octanol–water partition coefficient (Wildman–Crippen LogP) is 2.75. The monoisotopic (exact) mass is 537 g/mol. The molecule has 2 heterocycles. The fraction of sp³-hybridized carbons (Fsp3) is 0.815. The van der Waals surface area contributed by atoms with E-state index in [0.29, 0.717) is 30.7 Å². The molecule has 1 aromatic rings. The zero-order valence-corrected chi connectivity index (χ0v) is 24.9. The number of carbonyl (C=O) groups is 2. The van der Waals surface area contributed by atoms with E-state index in [1.54, 1.807) is 31.6 Å². The van der Waals surface area contributed by atoms with E-state index in [-0.39, 0.29) is 34.9 Å². The van der Waals surface area contributed by atoms with Gasteiger partial charge in [-0.3, -0.25) is 14.3 Å². The Hall–Kier alpha value is -1.94. The number of aromatic nitrogens is 2. The molecular formula is C27H47N5O4S. The summed E-state index contributed by atoms with van der Waals surface area (Å²) in [7, 11) is 0.566. The first kappa shape index (κ1) is 29.6. The highest BCUT2D eigenvalue weighted by atomic mass is 32.2. The predicted molar refractivity (Wildman–Crippen MR) is 146 cm³/mol. The zero-order valence-electron chi connectivity index (χ0n) is 24.1. The maximum atomic E-state index is 13.5. The van der Waals surface area contributed by atoms with Crippen LogP contribution in [0.4, 0.5) is 0 Å². The van der Waals surface area contributed by atoms with Crippen LogP contribution in [-0.2, 0) is 27.1 Å². The lowest BCUT2D eigenvalue weighted by Crippen LogP contribution is -2.53. The van der Waals surface area contributed by atoms with Crippen molar-refractivity contribution in [1.29, 1.82) is 0 Å². The van der Waals surface area contributed by atoms with Crippen molar-refractivity contribution in [1.82, 2.24) is 24.9 Å². The summed E-state index contributed by atoms with van der Waals surface area (Å²) in [5.74, 6) is -0.466. The van der Waals surface area contributed by atoms with Crippen LogP contribution in [0.5, 0.6) is 0 Å². The average molecular weight is 538 g/mol. The average Bonchev–Trinajstić information content (AvgIpc) is 3.35. The standard InChI is InChI=1S/C27H47N5O4S/c1-17(2)30(8)20-10-11-22(19(14-20)16-37(35,36)18(3)4)32-13-12-21(26(32)34)28-25(33)23-15-24(27(5,6)7)29-31(23)9/h15,17-22H,10-14,16H2,1-9H3,(H,28,33)/t19-,20+,21?,22-/m0/s1. The highest BCUT2D eigenvalue weighted by Crippen LogP contribution is 2.35. The Bertz CT molecular complexity index is 1090. The quantitative estimate of drug-likeness (QED) is 0.547. The number of hydrogen-bond acceptors (Lipinski definition) is 6. The van der Waals surface area contributed by atoms with Gasteiger partial charge >= 0.3 is 0 Å². The summed E-state index contributed by atoms with van der Waals surface area (Å²) in [6.45, 7) is 14.4. The Morgan fingerprint density at radius 1 is 1.19 bits per heavy atom. The van der Waals surface area contributed by atoms with Crippen molar-refractivity contribution < 1.29 is 18.0 Å². The summed E-state index contributed by atoms with van der Waals surface area (Å²) in [4.78, 5) is 30.8. The number of rotatable bonds is 8. The minimum absolute atomic E-state index is 0.0865.